The van der Waals surface area contributed by atoms with Gasteiger partial charge in [-0.1, -0.05) is 30.0 Å². The van der Waals surface area contributed by atoms with E-state index >= 15 is 0 Å². The third-order valence-electron chi connectivity index (χ3n) is 3.15. The van der Waals surface area contributed by atoms with Crippen molar-refractivity contribution in [2.75, 3.05) is 26.0 Å². The van der Waals surface area contributed by atoms with Crippen molar-refractivity contribution in [1.29, 1.82) is 0 Å². The summed E-state index contributed by atoms with van der Waals surface area (Å²) in [7, 11) is 3.82. The number of rotatable bonds is 3. The Bertz CT molecular complexity index is 667. The minimum absolute atomic E-state index is 0.138. The van der Waals surface area contributed by atoms with E-state index in [0.717, 1.165) is 21.8 Å². The molecular weight excluding hydrogens is 268 g/mol. The highest BCUT2D eigenvalue weighted by Crippen LogP contribution is 2.45. The molecule has 0 bridgehead atoms. The number of nitrogens with one attached hydrogen (secondary N) is 1. The van der Waals surface area contributed by atoms with Crippen LogP contribution in [0, 0.1) is 0 Å². The van der Waals surface area contributed by atoms with Crippen LogP contribution in [0.1, 0.15) is 10.4 Å². The predicted octanol–water partition coefficient (Wildman–Crippen LogP) is 3.64. The normalized spacial score (nSPS) is 12.6. The van der Waals surface area contributed by atoms with Crippen molar-refractivity contribution in [2.45, 2.75) is 9.79 Å². The van der Waals surface area contributed by atoms with Gasteiger partial charge in [0.15, 0.2) is 5.78 Å². The van der Waals surface area contributed by atoms with Crippen LogP contribution in [0.2, 0.25) is 0 Å². The maximum Gasteiger partial charge on any atom is 0.178 e. The maximum atomic E-state index is 12.3. The molecule has 3 rings (SSSR count). The molecule has 0 atom stereocenters. The lowest BCUT2D eigenvalue weighted by atomic mass is 10.1. The van der Waals surface area contributed by atoms with Crippen LogP contribution in [0.25, 0.3) is 0 Å². The number of carbonyl (C=O) groups excluding carboxylic acids is 1. The third kappa shape index (κ3) is 2.44. The smallest absolute Gasteiger partial charge is 0.178 e. The minimum Gasteiger partial charge on any atom is -0.353 e. The van der Waals surface area contributed by atoms with Crippen LogP contribution < -0.4 is 5.32 Å². The SMILES string of the molecule is CN(C)CC(=O)c1cccc2c1Nc1ccccc1S2. The van der Waals surface area contributed by atoms with Crippen molar-refractivity contribution < 1.29 is 4.79 Å². The standard InChI is InChI=1S/C16H16N2OS/c1-18(2)10-13(19)11-6-5-9-15-16(11)17-12-7-3-4-8-14(12)20-15/h3-9,17H,10H2,1-2H3. The molecule has 0 spiro atoms. The highest BCUT2D eigenvalue weighted by molar-refractivity contribution is 7.99. The van der Waals surface area contributed by atoms with Gasteiger partial charge in [0.1, 0.15) is 0 Å². The number of hydrogen-bond acceptors (Lipinski definition) is 4. The number of para-hydroxylation sites is 2. The fraction of sp³-hybridized carbons (Fsp3) is 0.188. The van der Waals surface area contributed by atoms with Crippen LogP contribution in [0.3, 0.4) is 0 Å². The van der Waals surface area contributed by atoms with E-state index in [9.17, 15) is 4.79 Å². The maximum absolute atomic E-state index is 12.3. The van der Waals surface area contributed by atoms with Crippen LogP contribution >= 0.6 is 11.8 Å². The Labute approximate surface area is 123 Å². The molecule has 1 heterocycles. The third-order valence-corrected chi connectivity index (χ3v) is 4.29. The number of Topliss-reactive ketones (excluding diaryl/α,β-unsaturated/α-hetero) is 1. The fourth-order valence-electron chi connectivity index (χ4n) is 2.26. The second-order valence-electron chi connectivity index (χ2n) is 5.06. The molecule has 4 heteroatoms. The van der Waals surface area contributed by atoms with Crippen molar-refractivity contribution >= 4 is 28.9 Å². The molecule has 0 unspecified atom stereocenters. The molecule has 0 aromatic heterocycles. The zero-order chi connectivity index (χ0) is 14.1. The summed E-state index contributed by atoms with van der Waals surface area (Å²) in [6.45, 7) is 0.421. The highest BCUT2D eigenvalue weighted by Gasteiger charge is 2.21. The van der Waals surface area contributed by atoms with E-state index < -0.39 is 0 Å². The molecule has 0 aliphatic carbocycles. The summed E-state index contributed by atoms with van der Waals surface area (Å²) in [6, 6.07) is 14.1. The van der Waals surface area contributed by atoms with Crippen molar-refractivity contribution in [3.8, 4) is 0 Å². The number of hydrogen-bond donors (Lipinski definition) is 1. The molecule has 1 aliphatic heterocycles. The summed E-state index contributed by atoms with van der Waals surface area (Å²) in [6.07, 6.45) is 0. The topological polar surface area (TPSA) is 32.3 Å². The van der Waals surface area contributed by atoms with E-state index in [2.05, 4.69) is 17.4 Å². The molecule has 2 aromatic rings. The first-order valence-electron chi connectivity index (χ1n) is 6.50. The van der Waals surface area contributed by atoms with E-state index in [4.69, 9.17) is 0 Å². The summed E-state index contributed by atoms with van der Waals surface area (Å²) < 4.78 is 0. The van der Waals surface area contributed by atoms with Gasteiger partial charge in [0, 0.05) is 15.4 Å². The molecule has 0 amide bonds. The number of anilines is 2. The lowest BCUT2D eigenvalue weighted by molar-refractivity contribution is 0.0958. The van der Waals surface area contributed by atoms with Crippen molar-refractivity contribution in [1.82, 2.24) is 4.90 Å². The van der Waals surface area contributed by atoms with Gasteiger partial charge in [0.05, 0.1) is 17.9 Å². The van der Waals surface area contributed by atoms with E-state index in [1.807, 2.05) is 49.3 Å². The highest BCUT2D eigenvalue weighted by atomic mass is 32.2. The number of ketones is 1. The molecule has 0 saturated heterocycles. The molecule has 0 saturated carbocycles. The Morgan fingerprint density at radius 3 is 2.65 bits per heavy atom. The Morgan fingerprint density at radius 1 is 1.10 bits per heavy atom. The second-order valence-corrected chi connectivity index (χ2v) is 6.15. The zero-order valence-electron chi connectivity index (χ0n) is 11.5. The Hall–Kier alpha value is -1.78. The molecule has 1 aliphatic rings. The first-order valence-corrected chi connectivity index (χ1v) is 7.31. The van der Waals surface area contributed by atoms with Gasteiger partial charge in [-0.15, -0.1) is 0 Å². The van der Waals surface area contributed by atoms with Crippen molar-refractivity contribution in [2.24, 2.45) is 0 Å². The first kappa shape index (κ1) is 13.2. The average Bonchev–Trinajstić information content (AvgIpc) is 2.43. The number of carbonyl (C=O) groups is 1. The van der Waals surface area contributed by atoms with Gasteiger partial charge < -0.3 is 10.2 Å². The molecule has 3 nitrogen and oxygen atoms in total. The monoisotopic (exact) mass is 284 g/mol. The van der Waals surface area contributed by atoms with Crippen molar-refractivity contribution in [3.05, 3.63) is 48.0 Å². The first-order chi connectivity index (χ1) is 9.65. The van der Waals surface area contributed by atoms with Crippen LogP contribution in [0.5, 0.6) is 0 Å². The summed E-state index contributed by atoms with van der Waals surface area (Å²) in [5.74, 6) is 0.138. The molecule has 2 aromatic carbocycles. The lowest BCUT2D eigenvalue weighted by Crippen LogP contribution is -2.22. The summed E-state index contributed by atoms with van der Waals surface area (Å²) in [5, 5.41) is 3.40. The van der Waals surface area contributed by atoms with Gasteiger partial charge >= 0.3 is 0 Å². The van der Waals surface area contributed by atoms with Crippen LogP contribution in [0.15, 0.2) is 52.3 Å². The molecule has 20 heavy (non-hydrogen) atoms. The summed E-state index contributed by atoms with van der Waals surface area (Å²) in [4.78, 5) is 16.5. The number of nitrogens with zero attached hydrogens (tertiary/aromatic N) is 1. The quantitative estimate of drug-likeness (QED) is 0.744. The second kappa shape index (κ2) is 5.31. The summed E-state index contributed by atoms with van der Waals surface area (Å²) >= 11 is 1.70. The predicted molar refractivity (Wildman–Crippen MR) is 83.2 cm³/mol. The molecule has 102 valence electrons. The number of benzene rings is 2. The van der Waals surface area contributed by atoms with Gasteiger partial charge in [-0.2, -0.15) is 0 Å². The van der Waals surface area contributed by atoms with Crippen LogP contribution in [0.4, 0.5) is 11.4 Å². The van der Waals surface area contributed by atoms with Gasteiger partial charge in [-0.3, -0.25) is 4.79 Å². The van der Waals surface area contributed by atoms with Gasteiger partial charge in [-0.05, 0) is 38.4 Å². The van der Waals surface area contributed by atoms with Crippen LogP contribution in [-0.4, -0.2) is 31.3 Å². The Kier molecular flexibility index (Phi) is 3.51. The van der Waals surface area contributed by atoms with Gasteiger partial charge in [0.2, 0.25) is 0 Å². The fourth-order valence-corrected chi connectivity index (χ4v) is 3.28. The average molecular weight is 284 g/mol. The minimum atomic E-state index is 0.138. The van der Waals surface area contributed by atoms with E-state index in [1.54, 1.807) is 11.8 Å². The molecule has 0 radical (unpaired) electrons. The van der Waals surface area contributed by atoms with Gasteiger partial charge in [-0.25, -0.2) is 0 Å². The molecule has 0 fully saturated rings. The zero-order valence-corrected chi connectivity index (χ0v) is 12.3. The van der Waals surface area contributed by atoms with E-state index in [0.29, 0.717) is 6.54 Å². The number of likely N-dealkylation sites (N-methyl/N-ethyl adjacent to an activating group) is 1. The summed E-state index contributed by atoms with van der Waals surface area (Å²) in [5.41, 5.74) is 2.76. The molecular formula is C16H16N2OS. The lowest BCUT2D eigenvalue weighted by Gasteiger charge is -2.23. The van der Waals surface area contributed by atoms with Crippen molar-refractivity contribution in [3.63, 3.8) is 0 Å². The Balaban J connectivity index is 2.00. The largest absolute Gasteiger partial charge is 0.353 e. The van der Waals surface area contributed by atoms with E-state index in [-0.39, 0.29) is 5.78 Å². The van der Waals surface area contributed by atoms with Gasteiger partial charge in [0.25, 0.3) is 0 Å². The van der Waals surface area contributed by atoms with E-state index in [1.165, 1.54) is 4.90 Å². The van der Waals surface area contributed by atoms with Crippen LogP contribution in [-0.2, 0) is 0 Å². The number of fused-ring (bicyclic) bond motifs is 2. The Morgan fingerprint density at radius 2 is 1.85 bits per heavy atom. The molecule has 1 N–H and O–H groups in total.